The Morgan fingerprint density at radius 1 is 1.32 bits per heavy atom. The largest absolute Gasteiger partial charge is 0.493 e. The molecule has 1 aromatic carbocycles. The van der Waals surface area contributed by atoms with Crippen LogP contribution in [0.1, 0.15) is 60.7 Å². The van der Waals surface area contributed by atoms with Gasteiger partial charge in [-0.1, -0.05) is 11.6 Å². The van der Waals surface area contributed by atoms with Gasteiger partial charge in [0.1, 0.15) is 29.6 Å². The lowest BCUT2D eigenvalue weighted by molar-refractivity contribution is 0.0731. The Morgan fingerprint density at radius 2 is 2.03 bits per heavy atom. The molecule has 3 heterocycles. The second-order valence-electron chi connectivity index (χ2n) is 9.09. The minimum Gasteiger partial charge on any atom is -0.493 e. The monoisotopic (exact) mass is 482 g/mol. The number of hydrogen-bond donors (Lipinski definition) is 2. The summed E-state index contributed by atoms with van der Waals surface area (Å²) in [4.78, 5) is 10.9. The summed E-state index contributed by atoms with van der Waals surface area (Å²) in [5.41, 5.74) is 11.2. The van der Waals surface area contributed by atoms with Crippen molar-refractivity contribution in [3.8, 4) is 11.8 Å². The van der Waals surface area contributed by atoms with Crippen LogP contribution in [0.5, 0.6) is 5.75 Å². The van der Waals surface area contributed by atoms with Gasteiger partial charge in [-0.25, -0.2) is 9.97 Å². The first-order valence-corrected chi connectivity index (χ1v) is 11.9. The van der Waals surface area contributed by atoms with Crippen LogP contribution in [0, 0.1) is 25.2 Å². The van der Waals surface area contributed by atoms with Gasteiger partial charge in [-0.2, -0.15) is 5.26 Å². The van der Waals surface area contributed by atoms with Gasteiger partial charge in [-0.3, -0.25) is 4.90 Å². The average molecular weight is 483 g/mol. The molecule has 2 atom stereocenters. The Kier molecular flexibility index (Phi) is 6.72. The van der Waals surface area contributed by atoms with Crippen molar-refractivity contribution in [3.63, 3.8) is 0 Å². The van der Waals surface area contributed by atoms with E-state index in [0.717, 1.165) is 46.5 Å². The molecule has 3 aromatic rings. The van der Waals surface area contributed by atoms with Gasteiger partial charge in [0.2, 0.25) is 0 Å². The molecule has 1 unspecified atom stereocenters. The highest BCUT2D eigenvalue weighted by Crippen LogP contribution is 2.45. The molecule has 4 rings (SSSR count). The van der Waals surface area contributed by atoms with Crippen molar-refractivity contribution in [3.05, 3.63) is 45.4 Å². The highest BCUT2D eigenvalue weighted by Gasteiger charge is 2.36. The first-order chi connectivity index (χ1) is 16.2. The van der Waals surface area contributed by atoms with Gasteiger partial charge in [-0.05, 0) is 46.2 Å². The topological polar surface area (TPSA) is 113 Å². The normalized spacial score (nSPS) is 16.3. The fourth-order valence-corrected chi connectivity index (χ4v) is 5.39. The van der Waals surface area contributed by atoms with Crippen LogP contribution in [0.25, 0.3) is 11.0 Å². The lowest BCUT2D eigenvalue weighted by atomic mass is 9.84. The second-order valence-corrected chi connectivity index (χ2v) is 9.50. The summed E-state index contributed by atoms with van der Waals surface area (Å²) < 4.78 is 8.35. The van der Waals surface area contributed by atoms with Crippen molar-refractivity contribution in [1.82, 2.24) is 19.4 Å². The molecule has 1 fully saturated rings. The third kappa shape index (κ3) is 3.98. The van der Waals surface area contributed by atoms with E-state index in [2.05, 4.69) is 32.4 Å². The zero-order chi connectivity index (χ0) is 24.7. The number of likely N-dealkylation sites (tertiary alicyclic amines) is 1. The number of nitrogens with two attached hydrogens (primary N) is 1. The number of benzene rings is 1. The van der Waals surface area contributed by atoms with Crippen LogP contribution in [0.15, 0.2) is 12.4 Å². The number of aryl methyl sites for hydroxylation is 1. The Hall–Kier alpha value is -2.86. The summed E-state index contributed by atoms with van der Waals surface area (Å²) in [6.07, 6.45) is 1.08. The van der Waals surface area contributed by atoms with Gasteiger partial charge < -0.3 is 20.1 Å². The first kappa shape index (κ1) is 24.3. The summed E-state index contributed by atoms with van der Waals surface area (Å²) in [5, 5.41) is 21.0. The molecule has 34 heavy (non-hydrogen) atoms. The van der Waals surface area contributed by atoms with Gasteiger partial charge >= 0.3 is 0 Å². The number of hydrogen-bond acceptors (Lipinski definition) is 7. The predicted octanol–water partition coefficient (Wildman–Crippen LogP) is 3.94. The van der Waals surface area contributed by atoms with E-state index in [-0.39, 0.29) is 12.0 Å². The quantitative estimate of drug-likeness (QED) is 0.524. The molecule has 3 N–H and O–H groups in total. The highest BCUT2D eigenvalue weighted by atomic mass is 35.5. The summed E-state index contributed by atoms with van der Waals surface area (Å²) in [6, 6.07) is 3.97. The van der Waals surface area contributed by atoms with E-state index in [1.54, 1.807) is 6.92 Å². The number of rotatable bonds is 7. The van der Waals surface area contributed by atoms with Gasteiger partial charge in [0.15, 0.2) is 0 Å². The molecule has 180 valence electrons. The van der Waals surface area contributed by atoms with E-state index in [9.17, 15) is 10.4 Å². The van der Waals surface area contributed by atoms with Gasteiger partial charge in [0, 0.05) is 42.4 Å². The number of aliphatic hydroxyl groups is 1. The van der Waals surface area contributed by atoms with Crippen LogP contribution in [-0.2, 0) is 0 Å². The second kappa shape index (κ2) is 9.41. The minimum absolute atomic E-state index is 0.0989. The van der Waals surface area contributed by atoms with Crippen molar-refractivity contribution >= 4 is 28.5 Å². The zero-order valence-corrected chi connectivity index (χ0v) is 21.0. The number of nitrogens with zero attached hydrogens (tertiary/aromatic N) is 5. The van der Waals surface area contributed by atoms with E-state index in [0.29, 0.717) is 35.3 Å². The van der Waals surface area contributed by atoms with Crippen molar-refractivity contribution in [2.75, 3.05) is 32.0 Å². The van der Waals surface area contributed by atoms with Gasteiger partial charge in [-0.15, -0.1) is 0 Å². The van der Waals surface area contributed by atoms with Crippen molar-refractivity contribution in [2.24, 2.45) is 0 Å². The molecular weight excluding hydrogens is 452 g/mol. The molecule has 0 bridgehead atoms. The summed E-state index contributed by atoms with van der Waals surface area (Å²) >= 11 is 6.69. The zero-order valence-electron chi connectivity index (χ0n) is 20.3. The third-order valence-electron chi connectivity index (χ3n) is 6.79. The Morgan fingerprint density at radius 3 is 2.65 bits per heavy atom. The van der Waals surface area contributed by atoms with E-state index < -0.39 is 6.10 Å². The highest BCUT2D eigenvalue weighted by molar-refractivity contribution is 6.32. The maximum Gasteiger partial charge on any atom is 0.146 e. The Bertz CT molecular complexity index is 1270. The summed E-state index contributed by atoms with van der Waals surface area (Å²) in [7, 11) is 0. The van der Waals surface area contributed by atoms with Gasteiger partial charge in [0.25, 0.3) is 0 Å². The van der Waals surface area contributed by atoms with Gasteiger partial charge in [0.05, 0.1) is 34.7 Å². The predicted molar refractivity (Wildman–Crippen MR) is 133 cm³/mol. The van der Waals surface area contributed by atoms with Crippen LogP contribution >= 0.6 is 11.6 Å². The number of nitrogen functional groups attached to an aromatic ring is 1. The van der Waals surface area contributed by atoms with Crippen LogP contribution < -0.4 is 10.5 Å². The van der Waals surface area contributed by atoms with Crippen LogP contribution in [0.2, 0.25) is 5.02 Å². The SMILES string of the molecule is CCOc1c(C(C)n2c(C)c(C)c3c(N)ncnc32)cc(Cl)c(C#N)c1C1CN(C[C@H](C)O)C1. The smallest absolute Gasteiger partial charge is 0.146 e. The van der Waals surface area contributed by atoms with Crippen molar-refractivity contribution in [2.45, 2.75) is 52.7 Å². The standard InChI is InChI=1S/C25H31ClN6O2/c1-6-34-23-18(16(5)32-15(4)14(3)21-24(28)29-12-30-25(21)32)7-20(26)19(8-27)22(23)17-10-31(11-17)9-13(2)33/h7,12-13,16-17,33H,6,9-11H2,1-5H3,(H2,28,29,30)/t13-,16?/m0/s1. The van der Waals surface area contributed by atoms with Crippen LogP contribution in [0.4, 0.5) is 5.82 Å². The molecule has 0 amide bonds. The first-order valence-electron chi connectivity index (χ1n) is 11.6. The Labute approximate surface area is 204 Å². The van der Waals surface area contributed by atoms with E-state index in [1.807, 2.05) is 26.8 Å². The molecule has 0 aliphatic carbocycles. The van der Waals surface area contributed by atoms with Crippen molar-refractivity contribution < 1.29 is 9.84 Å². The molecule has 2 aromatic heterocycles. The van der Waals surface area contributed by atoms with E-state index in [1.165, 1.54) is 6.33 Å². The summed E-state index contributed by atoms with van der Waals surface area (Å²) in [5.74, 6) is 1.26. The van der Waals surface area contributed by atoms with E-state index >= 15 is 0 Å². The number of aromatic nitrogens is 3. The number of nitriles is 1. The lowest BCUT2D eigenvalue weighted by Gasteiger charge is -2.41. The number of fused-ring (bicyclic) bond motifs is 1. The molecular formula is C25H31ClN6O2. The molecule has 1 saturated heterocycles. The number of ether oxygens (including phenoxy) is 1. The molecule has 1 aliphatic rings. The number of anilines is 1. The molecule has 0 spiro atoms. The fourth-order valence-electron chi connectivity index (χ4n) is 5.13. The summed E-state index contributed by atoms with van der Waals surface area (Å²) in [6.45, 7) is 12.4. The third-order valence-corrected chi connectivity index (χ3v) is 7.08. The number of halogens is 1. The maximum absolute atomic E-state index is 9.96. The molecule has 8 nitrogen and oxygen atoms in total. The number of β-amino-alcohol motifs (C(OH)–C–C–N with tert-alkyl or cyclic N) is 1. The Balaban J connectivity index is 1.87. The maximum atomic E-state index is 9.96. The minimum atomic E-state index is -0.402. The molecule has 0 radical (unpaired) electrons. The molecule has 1 aliphatic heterocycles. The van der Waals surface area contributed by atoms with E-state index in [4.69, 9.17) is 22.1 Å². The fraction of sp³-hybridized carbons (Fsp3) is 0.480. The number of aliphatic hydroxyl groups excluding tert-OH is 1. The van der Waals surface area contributed by atoms with Crippen LogP contribution in [-0.4, -0.2) is 56.9 Å². The molecule has 9 heteroatoms. The lowest BCUT2D eigenvalue weighted by Crippen LogP contribution is -2.48. The van der Waals surface area contributed by atoms with Crippen LogP contribution in [0.3, 0.4) is 0 Å². The average Bonchev–Trinajstić information content (AvgIpc) is 3.02. The molecule has 0 saturated carbocycles. The van der Waals surface area contributed by atoms with Crippen molar-refractivity contribution in [1.29, 1.82) is 5.26 Å².